The SMILES string of the molecule is Fc1ccc(-c2nn3cc(CC4CC4)ccc3c2-c2ccncc2)cc1. The van der Waals surface area contributed by atoms with Gasteiger partial charge in [-0.2, -0.15) is 5.10 Å². The van der Waals surface area contributed by atoms with Crippen LogP contribution in [0.4, 0.5) is 4.39 Å². The third kappa shape index (κ3) is 2.77. The number of nitrogens with zero attached hydrogens (tertiary/aromatic N) is 3. The van der Waals surface area contributed by atoms with Crippen molar-refractivity contribution in [2.45, 2.75) is 19.3 Å². The van der Waals surface area contributed by atoms with Crippen LogP contribution in [0.25, 0.3) is 27.9 Å². The van der Waals surface area contributed by atoms with E-state index in [1.54, 1.807) is 24.5 Å². The molecule has 0 atom stereocenters. The highest BCUT2D eigenvalue weighted by atomic mass is 19.1. The van der Waals surface area contributed by atoms with Crippen molar-refractivity contribution in [3.8, 4) is 22.4 Å². The summed E-state index contributed by atoms with van der Waals surface area (Å²) in [5.74, 6) is 0.592. The summed E-state index contributed by atoms with van der Waals surface area (Å²) in [5, 5.41) is 4.85. The van der Waals surface area contributed by atoms with Gasteiger partial charge in [0.15, 0.2) is 0 Å². The van der Waals surface area contributed by atoms with Crippen LogP contribution in [0.2, 0.25) is 0 Å². The molecule has 0 saturated heterocycles. The molecule has 128 valence electrons. The normalized spacial score (nSPS) is 14.0. The van der Waals surface area contributed by atoms with Crippen LogP contribution in [0.5, 0.6) is 0 Å². The highest BCUT2D eigenvalue weighted by Gasteiger charge is 2.22. The van der Waals surface area contributed by atoms with Gasteiger partial charge in [0.25, 0.3) is 0 Å². The highest BCUT2D eigenvalue weighted by Crippen LogP contribution is 2.36. The Labute approximate surface area is 151 Å². The third-order valence-electron chi connectivity index (χ3n) is 5.00. The number of fused-ring (bicyclic) bond motifs is 1. The Hall–Kier alpha value is -3.01. The van der Waals surface area contributed by atoms with E-state index in [0.717, 1.165) is 40.2 Å². The van der Waals surface area contributed by atoms with Gasteiger partial charge >= 0.3 is 0 Å². The maximum Gasteiger partial charge on any atom is 0.123 e. The smallest absolute Gasteiger partial charge is 0.123 e. The predicted octanol–water partition coefficient (Wildman–Crippen LogP) is 5.15. The molecule has 1 aliphatic rings. The fourth-order valence-electron chi connectivity index (χ4n) is 3.48. The van der Waals surface area contributed by atoms with Crippen molar-refractivity contribution in [1.82, 2.24) is 14.6 Å². The van der Waals surface area contributed by atoms with Crippen molar-refractivity contribution in [3.05, 3.63) is 78.5 Å². The van der Waals surface area contributed by atoms with Crippen LogP contribution in [0.15, 0.2) is 67.1 Å². The molecule has 0 bridgehead atoms. The summed E-state index contributed by atoms with van der Waals surface area (Å²) < 4.78 is 15.3. The van der Waals surface area contributed by atoms with Gasteiger partial charge in [-0.1, -0.05) is 6.07 Å². The van der Waals surface area contributed by atoms with E-state index in [1.807, 2.05) is 16.6 Å². The maximum atomic E-state index is 13.4. The molecule has 4 aromatic rings. The largest absolute Gasteiger partial charge is 0.265 e. The number of halogens is 1. The molecule has 0 aliphatic heterocycles. The average molecular weight is 343 g/mol. The van der Waals surface area contributed by atoms with E-state index in [4.69, 9.17) is 5.10 Å². The Balaban J connectivity index is 1.71. The van der Waals surface area contributed by atoms with Gasteiger partial charge < -0.3 is 0 Å². The zero-order valence-electron chi connectivity index (χ0n) is 14.3. The first-order chi connectivity index (χ1) is 12.8. The number of hydrogen-bond acceptors (Lipinski definition) is 2. The summed E-state index contributed by atoms with van der Waals surface area (Å²) in [6, 6.07) is 14.9. The Kier molecular flexibility index (Phi) is 3.56. The van der Waals surface area contributed by atoms with Gasteiger partial charge in [0.2, 0.25) is 0 Å². The topological polar surface area (TPSA) is 30.2 Å². The van der Waals surface area contributed by atoms with Gasteiger partial charge in [-0.3, -0.25) is 4.98 Å². The molecule has 0 unspecified atom stereocenters. The van der Waals surface area contributed by atoms with Gasteiger partial charge in [-0.15, -0.1) is 0 Å². The van der Waals surface area contributed by atoms with E-state index in [2.05, 4.69) is 23.3 Å². The molecule has 4 heteroatoms. The number of hydrogen-bond donors (Lipinski definition) is 0. The first-order valence-corrected chi connectivity index (χ1v) is 8.95. The minimum Gasteiger partial charge on any atom is -0.265 e. The zero-order chi connectivity index (χ0) is 17.5. The Morgan fingerprint density at radius 2 is 1.69 bits per heavy atom. The molecule has 26 heavy (non-hydrogen) atoms. The Morgan fingerprint density at radius 1 is 0.923 bits per heavy atom. The monoisotopic (exact) mass is 343 g/mol. The lowest BCUT2D eigenvalue weighted by Gasteiger charge is -2.04. The van der Waals surface area contributed by atoms with Crippen molar-refractivity contribution >= 4 is 5.52 Å². The Bertz CT molecular complexity index is 1060. The molecule has 1 fully saturated rings. The molecule has 3 aromatic heterocycles. The Morgan fingerprint density at radius 3 is 2.42 bits per heavy atom. The average Bonchev–Trinajstić information content (AvgIpc) is 3.40. The lowest BCUT2D eigenvalue weighted by molar-refractivity contribution is 0.628. The van der Waals surface area contributed by atoms with Crippen LogP contribution in [-0.2, 0) is 6.42 Å². The lowest BCUT2D eigenvalue weighted by atomic mass is 10.0. The second kappa shape index (κ2) is 6.06. The minimum atomic E-state index is -0.241. The van der Waals surface area contributed by atoms with E-state index in [-0.39, 0.29) is 5.82 Å². The maximum absolute atomic E-state index is 13.4. The second-order valence-electron chi connectivity index (χ2n) is 6.98. The van der Waals surface area contributed by atoms with E-state index >= 15 is 0 Å². The predicted molar refractivity (Wildman–Crippen MR) is 100 cm³/mol. The molecule has 0 spiro atoms. The fraction of sp³-hybridized carbons (Fsp3) is 0.182. The molecule has 1 saturated carbocycles. The van der Waals surface area contributed by atoms with E-state index in [9.17, 15) is 4.39 Å². The molecule has 3 heterocycles. The summed E-state index contributed by atoms with van der Waals surface area (Å²) in [6.07, 6.45) is 9.49. The quantitative estimate of drug-likeness (QED) is 0.513. The van der Waals surface area contributed by atoms with Crippen molar-refractivity contribution in [1.29, 1.82) is 0 Å². The fourth-order valence-corrected chi connectivity index (χ4v) is 3.48. The van der Waals surface area contributed by atoms with Crippen LogP contribution in [0.3, 0.4) is 0 Å². The molecule has 1 aromatic carbocycles. The molecular weight excluding hydrogens is 325 g/mol. The van der Waals surface area contributed by atoms with Crippen LogP contribution in [0, 0.1) is 11.7 Å². The number of benzene rings is 1. The van der Waals surface area contributed by atoms with Crippen LogP contribution in [-0.4, -0.2) is 14.6 Å². The van der Waals surface area contributed by atoms with Crippen LogP contribution in [0.1, 0.15) is 18.4 Å². The van der Waals surface area contributed by atoms with Crippen LogP contribution >= 0.6 is 0 Å². The number of rotatable bonds is 4. The zero-order valence-corrected chi connectivity index (χ0v) is 14.3. The molecule has 5 rings (SSSR count). The molecule has 1 aliphatic carbocycles. The first kappa shape index (κ1) is 15.3. The van der Waals surface area contributed by atoms with Gasteiger partial charge in [-0.25, -0.2) is 8.91 Å². The molecule has 0 amide bonds. The van der Waals surface area contributed by atoms with Crippen LogP contribution < -0.4 is 0 Å². The van der Waals surface area contributed by atoms with Gasteiger partial charge in [-0.05, 0) is 78.8 Å². The van der Waals surface area contributed by atoms with Crippen molar-refractivity contribution < 1.29 is 4.39 Å². The lowest BCUT2D eigenvalue weighted by Crippen LogP contribution is -1.93. The highest BCUT2D eigenvalue weighted by molar-refractivity contribution is 5.92. The van der Waals surface area contributed by atoms with Crippen molar-refractivity contribution in [2.75, 3.05) is 0 Å². The second-order valence-corrected chi connectivity index (χ2v) is 6.98. The standard InChI is InChI=1S/C22H18FN3/c23-19-6-4-18(5-7-19)22-21(17-9-11-24-12-10-17)20-8-3-16(13-15-1-2-15)14-26(20)25-22/h3-12,14-15H,1-2,13H2. The number of pyridine rings is 2. The van der Waals surface area contributed by atoms with Gasteiger partial charge in [0, 0.05) is 29.7 Å². The van der Waals surface area contributed by atoms with E-state index in [1.165, 1.54) is 30.5 Å². The molecule has 0 N–H and O–H groups in total. The molecule has 3 nitrogen and oxygen atoms in total. The molecular formula is C22H18FN3. The first-order valence-electron chi connectivity index (χ1n) is 8.95. The molecule has 0 radical (unpaired) electrons. The van der Waals surface area contributed by atoms with Gasteiger partial charge in [0.05, 0.1) is 5.52 Å². The minimum absolute atomic E-state index is 0.241. The van der Waals surface area contributed by atoms with E-state index in [0.29, 0.717) is 0 Å². The van der Waals surface area contributed by atoms with E-state index < -0.39 is 0 Å². The number of aromatic nitrogens is 3. The summed E-state index contributed by atoms with van der Waals surface area (Å²) >= 11 is 0. The third-order valence-corrected chi connectivity index (χ3v) is 5.00. The summed E-state index contributed by atoms with van der Waals surface area (Å²) in [7, 11) is 0. The summed E-state index contributed by atoms with van der Waals surface area (Å²) in [6.45, 7) is 0. The van der Waals surface area contributed by atoms with Crippen molar-refractivity contribution in [2.24, 2.45) is 5.92 Å². The van der Waals surface area contributed by atoms with Gasteiger partial charge in [0.1, 0.15) is 11.5 Å². The van der Waals surface area contributed by atoms with Crippen molar-refractivity contribution in [3.63, 3.8) is 0 Å². The summed E-state index contributed by atoms with van der Waals surface area (Å²) in [5.41, 5.74) is 6.25. The summed E-state index contributed by atoms with van der Waals surface area (Å²) in [4.78, 5) is 4.13.